The summed E-state index contributed by atoms with van der Waals surface area (Å²) in [4.78, 5) is 0. The second-order valence-electron chi connectivity index (χ2n) is 6.07. The first-order valence-electron chi connectivity index (χ1n) is 8.40. The van der Waals surface area contributed by atoms with Crippen molar-refractivity contribution in [1.29, 1.82) is 0 Å². The zero-order valence-corrected chi connectivity index (χ0v) is 14.6. The van der Waals surface area contributed by atoms with Crippen LogP contribution in [0, 0.1) is 5.82 Å². The minimum atomic E-state index is -0.304. The van der Waals surface area contributed by atoms with Gasteiger partial charge in [0.25, 0.3) is 0 Å². The third-order valence-electron chi connectivity index (χ3n) is 4.25. The molecule has 0 radical (unpaired) electrons. The largest absolute Gasteiger partial charge is 0.343 e. The Morgan fingerprint density at radius 1 is 1.12 bits per heavy atom. The summed E-state index contributed by atoms with van der Waals surface area (Å²) in [6.45, 7) is 4.71. The lowest BCUT2D eigenvalue weighted by molar-refractivity contribution is 0.626. The summed E-state index contributed by atoms with van der Waals surface area (Å²) in [5, 5.41) is 5.22. The van der Waals surface area contributed by atoms with E-state index in [4.69, 9.17) is 11.6 Å². The van der Waals surface area contributed by atoms with Gasteiger partial charge in [-0.3, -0.25) is 0 Å². The van der Waals surface area contributed by atoms with Crippen molar-refractivity contribution in [2.75, 3.05) is 6.54 Å². The number of halogens is 2. The van der Waals surface area contributed by atoms with Crippen molar-refractivity contribution in [3.63, 3.8) is 0 Å². The number of nitrogens with one attached hydrogen (secondary N) is 1. The number of rotatable bonds is 7. The number of fused-ring (bicyclic) bond motifs is 1. The van der Waals surface area contributed by atoms with E-state index in [2.05, 4.69) is 41.2 Å². The van der Waals surface area contributed by atoms with Gasteiger partial charge in [0.2, 0.25) is 0 Å². The Morgan fingerprint density at radius 3 is 2.75 bits per heavy atom. The zero-order valence-electron chi connectivity index (χ0n) is 13.9. The van der Waals surface area contributed by atoms with Gasteiger partial charge in [-0.15, -0.1) is 0 Å². The Labute approximate surface area is 147 Å². The molecule has 0 atom stereocenters. The normalized spacial score (nSPS) is 11.3. The monoisotopic (exact) mass is 344 g/mol. The van der Waals surface area contributed by atoms with Crippen molar-refractivity contribution in [2.24, 2.45) is 0 Å². The number of aromatic nitrogens is 1. The summed E-state index contributed by atoms with van der Waals surface area (Å²) in [6.07, 6.45) is 4.55. The molecule has 24 heavy (non-hydrogen) atoms. The van der Waals surface area contributed by atoms with Gasteiger partial charge in [0.1, 0.15) is 5.82 Å². The molecule has 1 N–H and O–H groups in total. The Balaban J connectivity index is 1.87. The Bertz CT molecular complexity index is 826. The van der Waals surface area contributed by atoms with Gasteiger partial charge >= 0.3 is 0 Å². The van der Waals surface area contributed by atoms with E-state index in [1.165, 1.54) is 41.4 Å². The molecule has 4 heteroatoms. The van der Waals surface area contributed by atoms with E-state index in [-0.39, 0.29) is 5.82 Å². The maximum Gasteiger partial charge on any atom is 0.124 e. The second-order valence-corrected chi connectivity index (χ2v) is 6.47. The van der Waals surface area contributed by atoms with Crippen LogP contribution in [-0.2, 0) is 13.1 Å². The van der Waals surface area contributed by atoms with Gasteiger partial charge in [-0.2, -0.15) is 0 Å². The number of para-hydroxylation sites is 1. The quantitative estimate of drug-likeness (QED) is 0.570. The molecule has 0 spiro atoms. The topological polar surface area (TPSA) is 17.0 Å². The lowest BCUT2D eigenvalue weighted by Gasteiger charge is -2.07. The minimum Gasteiger partial charge on any atom is -0.343 e. The highest BCUT2D eigenvalue weighted by Gasteiger charge is 2.10. The molecule has 126 valence electrons. The van der Waals surface area contributed by atoms with Gasteiger partial charge < -0.3 is 9.88 Å². The van der Waals surface area contributed by atoms with Crippen LogP contribution in [0.1, 0.15) is 30.9 Å². The molecule has 1 heterocycles. The van der Waals surface area contributed by atoms with Crippen molar-refractivity contribution in [2.45, 2.75) is 32.9 Å². The summed E-state index contributed by atoms with van der Waals surface area (Å²) in [7, 11) is 0. The molecular formula is C20H22ClFN2. The van der Waals surface area contributed by atoms with Gasteiger partial charge in [-0.05, 0) is 42.3 Å². The lowest BCUT2D eigenvalue weighted by Crippen LogP contribution is -2.14. The van der Waals surface area contributed by atoms with Gasteiger partial charge in [-0.1, -0.05) is 49.2 Å². The molecule has 1 aromatic heterocycles. The van der Waals surface area contributed by atoms with Gasteiger partial charge in [0.15, 0.2) is 0 Å². The van der Waals surface area contributed by atoms with Gasteiger partial charge in [0.05, 0.1) is 0 Å². The molecule has 2 aromatic carbocycles. The van der Waals surface area contributed by atoms with Crippen LogP contribution in [0.2, 0.25) is 5.02 Å². The molecule has 0 bridgehead atoms. The molecule has 0 aliphatic carbocycles. The van der Waals surface area contributed by atoms with Crippen molar-refractivity contribution in [3.05, 3.63) is 70.6 Å². The molecule has 0 saturated carbocycles. The van der Waals surface area contributed by atoms with Crippen molar-refractivity contribution >= 4 is 22.5 Å². The van der Waals surface area contributed by atoms with Crippen LogP contribution in [0.4, 0.5) is 4.39 Å². The minimum absolute atomic E-state index is 0.304. The Morgan fingerprint density at radius 2 is 1.96 bits per heavy atom. The number of benzene rings is 2. The fraction of sp³-hybridized carbons (Fsp3) is 0.300. The molecular weight excluding hydrogens is 323 g/mol. The zero-order chi connectivity index (χ0) is 16.9. The van der Waals surface area contributed by atoms with Crippen molar-refractivity contribution in [3.8, 4) is 0 Å². The van der Waals surface area contributed by atoms with Crippen LogP contribution < -0.4 is 5.32 Å². The first-order chi connectivity index (χ1) is 11.7. The summed E-state index contributed by atoms with van der Waals surface area (Å²) in [5.41, 5.74) is 3.37. The average molecular weight is 345 g/mol. The van der Waals surface area contributed by atoms with E-state index >= 15 is 0 Å². The smallest absolute Gasteiger partial charge is 0.124 e. The molecule has 0 aliphatic heterocycles. The summed E-state index contributed by atoms with van der Waals surface area (Å²) < 4.78 is 15.4. The van der Waals surface area contributed by atoms with Crippen LogP contribution in [-0.4, -0.2) is 11.1 Å². The molecule has 0 fully saturated rings. The highest BCUT2D eigenvalue weighted by Crippen LogP contribution is 2.25. The number of hydrogen-bond donors (Lipinski definition) is 1. The number of hydrogen-bond acceptors (Lipinski definition) is 1. The number of unbranched alkanes of at least 4 members (excludes halogenated alkanes) is 1. The lowest BCUT2D eigenvalue weighted by atomic mass is 10.2. The Hall–Kier alpha value is -1.84. The molecule has 2 nitrogen and oxygen atoms in total. The van der Waals surface area contributed by atoms with E-state index in [0.717, 1.165) is 18.7 Å². The first-order valence-corrected chi connectivity index (χ1v) is 8.78. The highest BCUT2D eigenvalue weighted by atomic mass is 35.5. The van der Waals surface area contributed by atoms with Crippen LogP contribution >= 0.6 is 11.6 Å². The van der Waals surface area contributed by atoms with E-state index in [0.29, 0.717) is 11.6 Å². The summed E-state index contributed by atoms with van der Waals surface area (Å²) in [6, 6.07) is 12.9. The standard InChI is InChI=1S/C20H22ClFN2/c1-2-3-10-23-12-16-14-24(20-7-5-4-6-18(16)20)13-15-8-9-17(22)11-19(15)21/h4-9,11,14,23H,2-3,10,12-13H2,1H3. The average Bonchev–Trinajstić information content (AvgIpc) is 2.92. The van der Waals surface area contributed by atoms with E-state index in [1.54, 1.807) is 6.07 Å². The van der Waals surface area contributed by atoms with Crippen LogP contribution in [0.15, 0.2) is 48.7 Å². The molecule has 0 saturated heterocycles. The summed E-state index contributed by atoms with van der Waals surface area (Å²) in [5.74, 6) is -0.304. The van der Waals surface area contributed by atoms with E-state index in [9.17, 15) is 4.39 Å². The predicted octanol–water partition coefficient (Wildman–Crippen LogP) is 5.37. The Kier molecular flexibility index (Phi) is 5.54. The fourth-order valence-corrected chi connectivity index (χ4v) is 3.18. The maximum atomic E-state index is 13.2. The van der Waals surface area contributed by atoms with Crippen molar-refractivity contribution < 1.29 is 4.39 Å². The summed E-state index contributed by atoms with van der Waals surface area (Å²) >= 11 is 6.19. The van der Waals surface area contributed by atoms with Crippen molar-refractivity contribution in [1.82, 2.24) is 9.88 Å². The second kappa shape index (κ2) is 7.82. The van der Waals surface area contributed by atoms with Crippen LogP contribution in [0.5, 0.6) is 0 Å². The maximum absolute atomic E-state index is 13.2. The SMILES string of the molecule is CCCCNCc1cn(Cc2ccc(F)cc2Cl)c2ccccc12. The van der Waals surface area contributed by atoms with Gasteiger partial charge in [-0.25, -0.2) is 4.39 Å². The first kappa shape index (κ1) is 17.0. The third kappa shape index (κ3) is 3.80. The number of nitrogens with zero attached hydrogens (tertiary/aromatic N) is 1. The highest BCUT2D eigenvalue weighted by molar-refractivity contribution is 6.31. The molecule has 3 rings (SSSR count). The van der Waals surface area contributed by atoms with Crippen LogP contribution in [0.25, 0.3) is 10.9 Å². The fourth-order valence-electron chi connectivity index (χ4n) is 2.95. The molecule has 0 aliphatic rings. The molecule has 0 amide bonds. The van der Waals surface area contributed by atoms with Gasteiger partial charge in [0, 0.05) is 35.2 Å². The third-order valence-corrected chi connectivity index (χ3v) is 4.60. The van der Waals surface area contributed by atoms with E-state index in [1.807, 2.05) is 6.07 Å². The van der Waals surface area contributed by atoms with E-state index < -0.39 is 0 Å². The van der Waals surface area contributed by atoms with Crippen LogP contribution in [0.3, 0.4) is 0 Å². The molecule has 0 unspecified atom stereocenters. The predicted molar refractivity (Wildman–Crippen MR) is 99.1 cm³/mol. The molecule has 3 aromatic rings.